The van der Waals surface area contributed by atoms with Gasteiger partial charge in [0.2, 0.25) is 5.91 Å². The van der Waals surface area contributed by atoms with Crippen LogP contribution in [-0.2, 0) is 25.7 Å². The largest absolute Gasteiger partial charge is 0.477 e. The number of β-lactam (4-membered cyclic amide) rings is 1. The van der Waals surface area contributed by atoms with Gasteiger partial charge in [-0.15, -0.1) is 11.8 Å². The van der Waals surface area contributed by atoms with Gasteiger partial charge in [-0.25, -0.2) is 9.59 Å². The summed E-state index contributed by atoms with van der Waals surface area (Å²) in [4.78, 5) is 46.7. The molecule has 2 heterocycles. The summed E-state index contributed by atoms with van der Waals surface area (Å²) < 4.78 is 5.11. The standard InChI is InChI=1S/C15H13N3O7S/c16-10-12(19)17-11(14(20)21)9(6-26-13(10)17)15(22)25-5-7-1-3-8(4-2-7)18(23)24/h1-4,10,13H,5-6,16H2,(H,20,21)/t10?,13-/m0/s1. The zero-order chi connectivity index (χ0) is 19.0. The number of carbonyl (C=O) groups is 3. The number of hydrogen-bond donors (Lipinski definition) is 2. The minimum absolute atomic E-state index is 0.0584. The number of non-ortho nitro benzene ring substituents is 1. The van der Waals surface area contributed by atoms with E-state index >= 15 is 0 Å². The Labute approximate surface area is 150 Å². The fourth-order valence-electron chi connectivity index (χ4n) is 2.62. The predicted octanol–water partition coefficient (Wildman–Crippen LogP) is 0.219. The molecule has 10 nitrogen and oxygen atoms in total. The number of nitrogens with zero attached hydrogens (tertiary/aromatic N) is 2. The average molecular weight is 379 g/mol. The lowest BCUT2D eigenvalue weighted by atomic mass is 10.0. The third-order valence-corrected chi connectivity index (χ3v) is 5.28. The lowest BCUT2D eigenvalue weighted by Crippen LogP contribution is -2.68. The molecule has 1 unspecified atom stereocenters. The molecule has 11 heteroatoms. The van der Waals surface area contributed by atoms with Gasteiger partial charge in [0.1, 0.15) is 23.7 Å². The van der Waals surface area contributed by atoms with Crippen molar-refractivity contribution in [2.24, 2.45) is 5.73 Å². The Balaban J connectivity index is 1.74. The molecular weight excluding hydrogens is 366 g/mol. The van der Waals surface area contributed by atoms with Gasteiger partial charge in [0, 0.05) is 17.9 Å². The Morgan fingerprint density at radius 2 is 2.04 bits per heavy atom. The molecule has 2 atom stereocenters. The first-order valence-electron chi connectivity index (χ1n) is 7.38. The van der Waals surface area contributed by atoms with Gasteiger partial charge in [0.15, 0.2) is 0 Å². The molecule has 136 valence electrons. The number of nitrogens with two attached hydrogens (primary N) is 1. The third-order valence-electron chi connectivity index (χ3n) is 3.98. The highest BCUT2D eigenvalue weighted by molar-refractivity contribution is 8.00. The summed E-state index contributed by atoms with van der Waals surface area (Å²) in [5, 5.41) is 19.5. The Morgan fingerprint density at radius 1 is 1.38 bits per heavy atom. The number of nitro groups is 1. The Bertz CT molecular complexity index is 836. The van der Waals surface area contributed by atoms with Gasteiger partial charge < -0.3 is 15.6 Å². The van der Waals surface area contributed by atoms with Crippen molar-refractivity contribution >= 4 is 35.3 Å². The molecule has 0 spiro atoms. The molecule has 0 bridgehead atoms. The van der Waals surface area contributed by atoms with Crippen molar-refractivity contribution in [3.8, 4) is 0 Å². The van der Waals surface area contributed by atoms with Crippen LogP contribution < -0.4 is 5.73 Å². The van der Waals surface area contributed by atoms with E-state index in [4.69, 9.17) is 10.5 Å². The van der Waals surface area contributed by atoms with E-state index in [9.17, 15) is 29.6 Å². The molecule has 1 amide bonds. The SMILES string of the molecule is NC1C(=O)N2C(C(=O)O)=C(C(=O)OCc3ccc([N+](=O)[O-])cc3)CS[C@@H]12. The van der Waals surface area contributed by atoms with Gasteiger partial charge in [-0.3, -0.25) is 19.8 Å². The van der Waals surface area contributed by atoms with Crippen molar-refractivity contribution in [1.82, 2.24) is 4.90 Å². The Kier molecular flexibility index (Phi) is 4.66. The number of carboxylic acid groups (broad SMARTS) is 1. The minimum Gasteiger partial charge on any atom is -0.477 e. The van der Waals surface area contributed by atoms with Gasteiger partial charge in [-0.1, -0.05) is 0 Å². The number of carbonyl (C=O) groups excluding carboxylic acids is 2. The summed E-state index contributed by atoms with van der Waals surface area (Å²) in [5.41, 5.74) is 5.51. The van der Waals surface area contributed by atoms with Crippen molar-refractivity contribution in [3.63, 3.8) is 0 Å². The first-order valence-corrected chi connectivity index (χ1v) is 8.43. The van der Waals surface area contributed by atoms with Crippen molar-refractivity contribution in [3.05, 3.63) is 51.2 Å². The number of amides is 1. The maximum absolute atomic E-state index is 12.3. The second kappa shape index (κ2) is 6.77. The van der Waals surface area contributed by atoms with E-state index in [1.165, 1.54) is 36.0 Å². The number of thioether (sulfide) groups is 1. The second-order valence-corrected chi connectivity index (χ2v) is 6.67. The molecule has 1 aromatic carbocycles. The number of rotatable bonds is 5. The summed E-state index contributed by atoms with van der Waals surface area (Å²) in [7, 11) is 0. The molecule has 3 rings (SSSR count). The van der Waals surface area contributed by atoms with Crippen molar-refractivity contribution in [2.45, 2.75) is 18.0 Å². The van der Waals surface area contributed by atoms with Gasteiger partial charge in [0.25, 0.3) is 5.69 Å². The van der Waals surface area contributed by atoms with E-state index in [0.717, 1.165) is 4.90 Å². The number of ether oxygens (including phenoxy) is 1. The second-order valence-electron chi connectivity index (χ2n) is 5.57. The van der Waals surface area contributed by atoms with Gasteiger partial charge in [0.05, 0.1) is 10.5 Å². The first kappa shape index (κ1) is 17.9. The van der Waals surface area contributed by atoms with Crippen LogP contribution in [0.2, 0.25) is 0 Å². The Hall–Kier alpha value is -2.92. The minimum atomic E-state index is -1.40. The van der Waals surface area contributed by atoms with Crippen LogP contribution in [0, 0.1) is 10.1 Å². The number of aliphatic carboxylic acids is 1. The molecule has 0 aromatic heterocycles. The number of esters is 1. The highest BCUT2D eigenvalue weighted by Crippen LogP contribution is 2.39. The lowest BCUT2D eigenvalue weighted by molar-refractivity contribution is -0.384. The molecule has 1 aromatic rings. The van der Waals surface area contributed by atoms with Gasteiger partial charge in [-0.05, 0) is 17.7 Å². The van der Waals surface area contributed by atoms with E-state index in [1.54, 1.807) is 0 Å². The molecule has 1 fully saturated rings. The summed E-state index contributed by atoms with van der Waals surface area (Å²) in [5.74, 6) is -2.76. The van der Waals surface area contributed by atoms with E-state index in [-0.39, 0.29) is 23.6 Å². The molecular formula is C15H13N3O7S. The quantitative estimate of drug-likeness (QED) is 0.316. The zero-order valence-corrected chi connectivity index (χ0v) is 14.0. The number of hydrogen-bond acceptors (Lipinski definition) is 8. The molecule has 1 saturated heterocycles. The third kappa shape index (κ3) is 3.02. The van der Waals surface area contributed by atoms with E-state index in [0.29, 0.717) is 5.56 Å². The molecule has 0 radical (unpaired) electrons. The number of carboxylic acids is 1. The zero-order valence-electron chi connectivity index (χ0n) is 13.2. The normalized spacial score (nSPS) is 21.7. The maximum atomic E-state index is 12.3. The highest BCUT2D eigenvalue weighted by atomic mass is 32.2. The number of benzene rings is 1. The Morgan fingerprint density at radius 3 is 2.62 bits per heavy atom. The highest BCUT2D eigenvalue weighted by Gasteiger charge is 2.52. The molecule has 3 N–H and O–H groups in total. The van der Waals surface area contributed by atoms with Crippen LogP contribution in [0.5, 0.6) is 0 Å². The smallest absolute Gasteiger partial charge is 0.353 e. The van der Waals surface area contributed by atoms with Crippen LogP contribution in [0.4, 0.5) is 5.69 Å². The summed E-state index contributed by atoms with van der Waals surface area (Å²) in [6.45, 7) is -0.186. The molecule has 0 aliphatic carbocycles. The van der Waals surface area contributed by atoms with Crippen molar-refractivity contribution < 1.29 is 29.2 Å². The molecule has 2 aliphatic heterocycles. The van der Waals surface area contributed by atoms with Gasteiger partial charge >= 0.3 is 11.9 Å². The van der Waals surface area contributed by atoms with Crippen molar-refractivity contribution in [1.29, 1.82) is 0 Å². The van der Waals surface area contributed by atoms with Crippen LogP contribution in [0.15, 0.2) is 35.5 Å². The van der Waals surface area contributed by atoms with Crippen molar-refractivity contribution in [2.75, 3.05) is 5.75 Å². The predicted molar refractivity (Wildman–Crippen MR) is 88.6 cm³/mol. The monoisotopic (exact) mass is 379 g/mol. The van der Waals surface area contributed by atoms with Gasteiger partial charge in [-0.2, -0.15) is 0 Å². The van der Waals surface area contributed by atoms with Crippen LogP contribution in [0.3, 0.4) is 0 Å². The topological polar surface area (TPSA) is 153 Å². The fourth-order valence-corrected chi connectivity index (χ4v) is 3.90. The average Bonchev–Trinajstić information content (AvgIpc) is 2.64. The fraction of sp³-hybridized carbons (Fsp3) is 0.267. The molecule has 0 saturated carbocycles. The summed E-state index contributed by atoms with van der Waals surface area (Å²) >= 11 is 1.19. The first-order chi connectivity index (χ1) is 12.3. The van der Waals surface area contributed by atoms with Crippen LogP contribution >= 0.6 is 11.8 Å². The number of fused-ring (bicyclic) bond motifs is 1. The lowest BCUT2D eigenvalue weighted by Gasteiger charge is -2.47. The van der Waals surface area contributed by atoms with E-state index in [2.05, 4.69) is 0 Å². The van der Waals surface area contributed by atoms with E-state index in [1.807, 2.05) is 0 Å². The summed E-state index contributed by atoms with van der Waals surface area (Å²) in [6.07, 6.45) is 0. The van der Waals surface area contributed by atoms with E-state index < -0.39 is 39.9 Å². The van der Waals surface area contributed by atoms with Crippen LogP contribution in [0.25, 0.3) is 0 Å². The molecule has 26 heavy (non-hydrogen) atoms. The number of nitro benzene ring substituents is 1. The maximum Gasteiger partial charge on any atom is 0.353 e. The molecule has 2 aliphatic rings. The van der Waals surface area contributed by atoms with Crippen LogP contribution in [0.1, 0.15) is 5.56 Å². The van der Waals surface area contributed by atoms with Crippen LogP contribution in [-0.4, -0.2) is 49.9 Å². The summed E-state index contributed by atoms with van der Waals surface area (Å²) in [6, 6.07) is 4.62.